The van der Waals surface area contributed by atoms with Crippen LogP contribution in [0, 0.1) is 12.1 Å². The lowest BCUT2D eigenvalue weighted by atomic mass is 9.93. The van der Waals surface area contributed by atoms with Gasteiger partial charge in [0.05, 0.1) is 20.3 Å². The smallest absolute Gasteiger partial charge is 0.166 e. The average Bonchev–Trinajstić information content (AvgIpc) is 3.25. The minimum Gasteiger partial charge on any atom is -0.595 e. The zero-order valence-corrected chi connectivity index (χ0v) is 20.0. The summed E-state index contributed by atoms with van der Waals surface area (Å²) in [7, 11) is 3.33. The van der Waals surface area contributed by atoms with E-state index in [0.717, 1.165) is 46.8 Å². The van der Waals surface area contributed by atoms with Crippen molar-refractivity contribution < 1.29 is 24.6 Å². The van der Waals surface area contributed by atoms with Crippen LogP contribution in [-0.4, -0.2) is 31.0 Å². The summed E-state index contributed by atoms with van der Waals surface area (Å²) in [5.41, 5.74) is 6.53. The molecule has 0 bridgehead atoms. The number of fused-ring (bicyclic) bond motifs is 3. The molecule has 2 unspecified atom stereocenters. The Kier molecular flexibility index (Phi) is 6.36. The van der Waals surface area contributed by atoms with Crippen molar-refractivity contribution in [2.75, 3.05) is 20.8 Å². The standard InChI is InChI=1S/C27H29N3O5/c1-16-12-20(6-8-24(16)30(31)32)35-15-18-13-17(4-9-25(18)34-3)26-27-21(10-11-28-26)22-14-19(33-2)5-7-23(22)29-27/h4-9,12-14,26,28-31H,10-11,15H2,1-3H3. The number of ether oxygens (including phenoxy) is 3. The number of aromatic nitrogens is 1. The Hall–Kier alpha value is -3.56. The Morgan fingerprint density at radius 3 is 2.60 bits per heavy atom. The second kappa shape index (κ2) is 9.59. The summed E-state index contributed by atoms with van der Waals surface area (Å²) >= 11 is 0. The molecule has 2 atom stereocenters. The van der Waals surface area contributed by atoms with Crippen LogP contribution in [0.2, 0.25) is 0 Å². The van der Waals surface area contributed by atoms with Crippen molar-refractivity contribution in [3.05, 3.63) is 87.8 Å². The molecular weight excluding hydrogens is 446 g/mol. The van der Waals surface area contributed by atoms with Gasteiger partial charge in [0.15, 0.2) is 5.69 Å². The fourth-order valence-electron chi connectivity index (χ4n) is 4.84. The zero-order chi connectivity index (χ0) is 24.5. The molecule has 8 nitrogen and oxygen atoms in total. The van der Waals surface area contributed by atoms with E-state index in [-0.39, 0.29) is 11.7 Å². The van der Waals surface area contributed by atoms with Gasteiger partial charge in [-0.05, 0) is 66.9 Å². The summed E-state index contributed by atoms with van der Waals surface area (Å²) in [6, 6.07) is 17.3. The molecule has 5 rings (SSSR count). The van der Waals surface area contributed by atoms with Crippen LogP contribution in [0.25, 0.3) is 10.9 Å². The van der Waals surface area contributed by atoms with Crippen LogP contribution in [0.1, 0.15) is 34.0 Å². The molecule has 1 aliphatic rings. The number of aromatic amines is 1. The Bertz CT molecular complexity index is 1360. The maximum atomic E-state index is 11.3. The van der Waals surface area contributed by atoms with E-state index in [4.69, 9.17) is 14.2 Å². The predicted octanol–water partition coefficient (Wildman–Crippen LogP) is 3.71. The first-order chi connectivity index (χ1) is 17.0. The van der Waals surface area contributed by atoms with E-state index in [9.17, 15) is 10.4 Å². The van der Waals surface area contributed by atoms with Crippen molar-refractivity contribution in [3.63, 3.8) is 0 Å². The van der Waals surface area contributed by atoms with Gasteiger partial charge in [0.2, 0.25) is 0 Å². The highest BCUT2D eigenvalue weighted by Gasteiger charge is 2.26. The van der Waals surface area contributed by atoms with Crippen molar-refractivity contribution in [3.8, 4) is 17.2 Å². The van der Waals surface area contributed by atoms with Gasteiger partial charge in [0.1, 0.15) is 23.9 Å². The second-order valence-corrected chi connectivity index (χ2v) is 8.71. The quantitative estimate of drug-likeness (QED) is 0.304. The minimum atomic E-state index is -0.946. The summed E-state index contributed by atoms with van der Waals surface area (Å²) in [6.07, 6.45) is 0.941. The first-order valence-electron chi connectivity index (χ1n) is 11.5. The molecule has 0 amide bonds. The molecule has 182 valence electrons. The highest BCUT2D eigenvalue weighted by Crippen LogP contribution is 2.36. The van der Waals surface area contributed by atoms with Gasteiger partial charge in [-0.1, -0.05) is 6.07 Å². The van der Waals surface area contributed by atoms with E-state index >= 15 is 0 Å². The van der Waals surface area contributed by atoms with Crippen LogP contribution < -0.4 is 24.8 Å². The molecular formula is C27H29N3O5. The van der Waals surface area contributed by atoms with Crippen LogP contribution in [-0.2, 0) is 13.0 Å². The van der Waals surface area contributed by atoms with Gasteiger partial charge in [-0.3, -0.25) is 0 Å². The Morgan fingerprint density at radius 1 is 1.03 bits per heavy atom. The zero-order valence-electron chi connectivity index (χ0n) is 20.0. The molecule has 0 saturated carbocycles. The molecule has 2 heterocycles. The van der Waals surface area contributed by atoms with E-state index in [1.54, 1.807) is 39.3 Å². The van der Waals surface area contributed by atoms with Crippen molar-refractivity contribution in [2.45, 2.75) is 26.0 Å². The first kappa shape index (κ1) is 23.2. The maximum Gasteiger partial charge on any atom is 0.166 e. The minimum absolute atomic E-state index is 0.0129. The predicted molar refractivity (Wildman–Crippen MR) is 133 cm³/mol. The van der Waals surface area contributed by atoms with E-state index in [0.29, 0.717) is 17.9 Å². The Labute approximate surface area is 203 Å². The summed E-state index contributed by atoms with van der Waals surface area (Å²) in [6.45, 7) is 2.93. The van der Waals surface area contributed by atoms with E-state index in [1.807, 2.05) is 12.1 Å². The molecule has 8 heteroatoms. The fraction of sp³-hybridized carbons (Fsp3) is 0.259. The molecule has 4 N–H and O–H groups in total. The number of hydrogen-bond acceptors (Lipinski definition) is 6. The van der Waals surface area contributed by atoms with Crippen molar-refractivity contribution in [1.82, 2.24) is 10.3 Å². The fourth-order valence-corrected chi connectivity index (χ4v) is 4.84. The lowest BCUT2D eigenvalue weighted by Gasteiger charge is -2.25. The van der Waals surface area contributed by atoms with Crippen LogP contribution in [0.15, 0.2) is 54.6 Å². The first-order valence-corrected chi connectivity index (χ1v) is 11.5. The summed E-state index contributed by atoms with van der Waals surface area (Å²) in [5, 5.41) is 24.4. The number of rotatable bonds is 7. The highest BCUT2D eigenvalue weighted by atomic mass is 16.8. The molecule has 1 aliphatic heterocycles. The lowest BCUT2D eigenvalue weighted by Crippen LogP contribution is -2.99. The molecule has 0 spiro atoms. The van der Waals surface area contributed by atoms with Gasteiger partial charge < -0.3 is 29.7 Å². The molecule has 35 heavy (non-hydrogen) atoms. The summed E-state index contributed by atoms with van der Waals surface area (Å²) < 4.78 is 17.1. The van der Waals surface area contributed by atoms with Gasteiger partial charge in [-0.25, -0.2) is 5.21 Å². The van der Waals surface area contributed by atoms with Crippen LogP contribution in [0.3, 0.4) is 0 Å². The van der Waals surface area contributed by atoms with E-state index in [1.165, 1.54) is 10.9 Å². The number of nitrogens with one attached hydrogen (secondary N) is 3. The van der Waals surface area contributed by atoms with E-state index in [2.05, 4.69) is 34.6 Å². The van der Waals surface area contributed by atoms with Crippen molar-refractivity contribution >= 4 is 16.6 Å². The third kappa shape index (κ3) is 4.44. The van der Waals surface area contributed by atoms with Crippen molar-refractivity contribution in [2.24, 2.45) is 0 Å². The third-order valence-electron chi connectivity index (χ3n) is 6.62. The van der Waals surface area contributed by atoms with Gasteiger partial charge in [0, 0.05) is 40.3 Å². The SMILES string of the molecule is COc1ccc2[nH]c3c(c2c1)CCNC3c1ccc(OC)c(COc2ccc([NH+]([O-])O)c(C)c2)c1. The number of hydrogen-bond donors (Lipinski definition) is 4. The molecule has 1 aromatic heterocycles. The van der Waals surface area contributed by atoms with Gasteiger partial charge >= 0.3 is 0 Å². The van der Waals surface area contributed by atoms with Crippen LogP contribution >= 0.6 is 0 Å². The molecule has 4 aromatic rings. The molecule has 0 saturated heterocycles. The number of H-pyrrole nitrogens is 1. The van der Waals surface area contributed by atoms with Gasteiger partial charge in [-0.15, -0.1) is 0 Å². The summed E-state index contributed by atoms with van der Waals surface area (Å²) in [5.74, 6) is 2.21. The van der Waals surface area contributed by atoms with E-state index < -0.39 is 5.23 Å². The number of benzene rings is 3. The number of quaternary nitrogens is 1. The Balaban J connectivity index is 1.44. The van der Waals surface area contributed by atoms with Gasteiger partial charge in [0.25, 0.3) is 0 Å². The third-order valence-corrected chi connectivity index (χ3v) is 6.62. The highest BCUT2D eigenvalue weighted by molar-refractivity contribution is 5.86. The number of methoxy groups -OCH3 is 2. The van der Waals surface area contributed by atoms with Crippen LogP contribution in [0.4, 0.5) is 5.69 Å². The molecule has 0 aliphatic carbocycles. The number of aryl methyl sites for hydroxylation is 1. The topological polar surface area (TPSA) is 103 Å². The largest absolute Gasteiger partial charge is 0.595 e. The summed E-state index contributed by atoms with van der Waals surface area (Å²) in [4.78, 5) is 3.61. The van der Waals surface area contributed by atoms with Crippen LogP contribution in [0.5, 0.6) is 17.2 Å². The lowest BCUT2D eigenvalue weighted by molar-refractivity contribution is -0.991. The Morgan fingerprint density at radius 2 is 1.86 bits per heavy atom. The molecule has 0 radical (unpaired) electrons. The average molecular weight is 476 g/mol. The normalized spacial score (nSPS) is 16.1. The monoisotopic (exact) mass is 475 g/mol. The second-order valence-electron chi connectivity index (χ2n) is 8.71. The van der Waals surface area contributed by atoms with Crippen molar-refractivity contribution in [1.29, 1.82) is 0 Å². The molecule has 0 fully saturated rings. The van der Waals surface area contributed by atoms with Gasteiger partial charge in [-0.2, -0.15) is 5.23 Å². The molecule has 3 aromatic carbocycles. The maximum absolute atomic E-state index is 11.3.